The number of aromatic nitrogens is 2. The molecular formula is C25H26N6O2S. The van der Waals surface area contributed by atoms with E-state index in [0.29, 0.717) is 26.2 Å². The number of nitrogens with zero attached hydrogens (tertiary/aromatic N) is 4. The number of nitrogens with two attached hydrogens (primary N) is 1. The smallest absolute Gasteiger partial charge is 0.321 e. The second kappa shape index (κ2) is 9.18. The number of amides is 2. The van der Waals surface area contributed by atoms with Gasteiger partial charge < -0.3 is 25.6 Å². The zero-order chi connectivity index (χ0) is 23.7. The summed E-state index contributed by atoms with van der Waals surface area (Å²) in [7, 11) is 1.62. The third-order valence-electron chi connectivity index (χ3n) is 6.00. The highest BCUT2D eigenvalue weighted by Gasteiger charge is 2.26. The summed E-state index contributed by atoms with van der Waals surface area (Å²) in [6.07, 6.45) is 0. The zero-order valence-electron chi connectivity index (χ0n) is 19.1. The molecule has 8 nitrogen and oxygen atoms in total. The van der Waals surface area contributed by atoms with E-state index < -0.39 is 0 Å². The van der Waals surface area contributed by atoms with Crippen LogP contribution in [0.25, 0.3) is 21.3 Å². The molecule has 0 spiro atoms. The number of hydrogen-bond donors (Lipinski definition) is 2. The number of urea groups is 1. The van der Waals surface area contributed by atoms with E-state index in [-0.39, 0.29) is 12.0 Å². The fourth-order valence-electron chi connectivity index (χ4n) is 4.29. The summed E-state index contributed by atoms with van der Waals surface area (Å²) >= 11 is 1.63. The maximum Gasteiger partial charge on any atom is 0.321 e. The second-order valence-corrected chi connectivity index (χ2v) is 9.32. The fourth-order valence-corrected chi connectivity index (χ4v) is 5.34. The largest absolute Gasteiger partial charge is 0.497 e. The van der Waals surface area contributed by atoms with Crippen LogP contribution in [0.4, 0.5) is 22.2 Å². The van der Waals surface area contributed by atoms with Crippen LogP contribution in [0.1, 0.15) is 4.88 Å². The number of methoxy groups -OCH3 is 1. The lowest BCUT2D eigenvalue weighted by Crippen LogP contribution is -2.50. The molecule has 1 aliphatic rings. The van der Waals surface area contributed by atoms with Gasteiger partial charge in [-0.2, -0.15) is 4.98 Å². The van der Waals surface area contributed by atoms with Crippen LogP contribution in [0.3, 0.4) is 0 Å². The van der Waals surface area contributed by atoms with Crippen molar-refractivity contribution >= 4 is 45.0 Å². The molecule has 4 aromatic rings. The van der Waals surface area contributed by atoms with Gasteiger partial charge in [-0.05, 0) is 36.8 Å². The van der Waals surface area contributed by atoms with E-state index >= 15 is 0 Å². The zero-order valence-corrected chi connectivity index (χ0v) is 19.9. The Morgan fingerprint density at radius 2 is 1.74 bits per heavy atom. The van der Waals surface area contributed by atoms with E-state index in [1.807, 2.05) is 47.4 Å². The molecule has 2 amide bonds. The van der Waals surface area contributed by atoms with Gasteiger partial charge in [-0.25, -0.2) is 9.78 Å². The predicted octanol–water partition coefficient (Wildman–Crippen LogP) is 4.61. The van der Waals surface area contributed by atoms with Gasteiger partial charge in [0.25, 0.3) is 0 Å². The number of anilines is 3. The van der Waals surface area contributed by atoms with Gasteiger partial charge >= 0.3 is 6.03 Å². The minimum absolute atomic E-state index is 0.117. The Hall–Kier alpha value is -3.85. The Kier molecular flexibility index (Phi) is 5.93. The number of piperazine rings is 1. The molecule has 1 aliphatic heterocycles. The maximum absolute atomic E-state index is 12.8. The summed E-state index contributed by atoms with van der Waals surface area (Å²) in [4.78, 5) is 28.0. The summed E-state index contributed by atoms with van der Waals surface area (Å²) < 4.78 is 5.17. The molecule has 3 heterocycles. The van der Waals surface area contributed by atoms with E-state index in [0.717, 1.165) is 38.6 Å². The van der Waals surface area contributed by atoms with Crippen molar-refractivity contribution in [2.75, 3.05) is 49.2 Å². The summed E-state index contributed by atoms with van der Waals surface area (Å²) in [6.45, 7) is 4.58. The Morgan fingerprint density at radius 1 is 1.03 bits per heavy atom. The molecular weight excluding hydrogens is 448 g/mol. The molecule has 174 valence electrons. The van der Waals surface area contributed by atoms with Gasteiger partial charge in [-0.15, -0.1) is 11.3 Å². The number of hydrogen-bond acceptors (Lipinski definition) is 7. The van der Waals surface area contributed by atoms with Gasteiger partial charge in [0.2, 0.25) is 5.95 Å². The molecule has 5 rings (SSSR count). The topological polar surface area (TPSA) is 96.6 Å². The van der Waals surface area contributed by atoms with Crippen molar-refractivity contribution in [2.24, 2.45) is 0 Å². The van der Waals surface area contributed by atoms with E-state index in [2.05, 4.69) is 39.2 Å². The highest BCUT2D eigenvalue weighted by atomic mass is 32.1. The quantitative estimate of drug-likeness (QED) is 0.448. The molecule has 0 saturated carbocycles. The van der Waals surface area contributed by atoms with E-state index in [1.165, 1.54) is 4.88 Å². The monoisotopic (exact) mass is 474 g/mol. The van der Waals surface area contributed by atoms with Crippen molar-refractivity contribution in [1.29, 1.82) is 0 Å². The minimum atomic E-state index is -0.117. The molecule has 9 heteroatoms. The first-order valence-electron chi connectivity index (χ1n) is 11.1. The van der Waals surface area contributed by atoms with Crippen LogP contribution in [-0.2, 0) is 0 Å². The fraction of sp³-hybridized carbons (Fsp3) is 0.240. The van der Waals surface area contributed by atoms with Crippen molar-refractivity contribution in [3.8, 4) is 16.9 Å². The molecule has 0 atom stereocenters. The summed E-state index contributed by atoms with van der Waals surface area (Å²) in [5, 5.41) is 3.99. The SMILES string of the molecule is COc1ccc(NC(=O)N2CCN(c3nc(N)nc4sc(C)c(-c5ccccc5)c34)CC2)cc1. The van der Waals surface area contributed by atoms with E-state index in [9.17, 15) is 4.79 Å². The lowest BCUT2D eigenvalue weighted by molar-refractivity contribution is 0.208. The first-order valence-corrected chi connectivity index (χ1v) is 11.9. The van der Waals surface area contributed by atoms with Crippen LogP contribution in [0, 0.1) is 6.92 Å². The molecule has 3 N–H and O–H groups in total. The number of rotatable bonds is 4. The highest BCUT2D eigenvalue weighted by Crippen LogP contribution is 2.42. The van der Waals surface area contributed by atoms with Gasteiger partial charge in [0, 0.05) is 42.3 Å². The maximum atomic E-state index is 12.8. The number of carbonyl (C=O) groups is 1. The van der Waals surface area contributed by atoms with Crippen LogP contribution in [0.15, 0.2) is 54.6 Å². The lowest BCUT2D eigenvalue weighted by atomic mass is 10.0. The third-order valence-corrected chi connectivity index (χ3v) is 7.00. The van der Waals surface area contributed by atoms with Gasteiger partial charge in [0.15, 0.2) is 0 Å². The molecule has 0 radical (unpaired) electrons. The molecule has 34 heavy (non-hydrogen) atoms. The molecule has 0 unspecified atom stereocenters. The number of thiophene rings is 1. The van der Waals surface area contributed by atoms with Crippen molar-refractivity contribution in [1.82, 2.24) is 14.9 Å². The van der Waals surface area contributed by atoms with Crippen LogP contribution in [0.5, 0.6) is 5.75 Å². The molecule has 0 aliphatic carbocycles. The normalized spacial score (nSPS) is 13.8. The molecule has 0 bridgehead atoms. The number of benzene rings is 2. The lowest BCUT2D eigenvalue weighted by Gasteiger charge is -2.35. The molecule has 2 aromatic heterocycles. The Labute approximate surface area is 202 Å². The highest BCUT2D eigenvalue weighted by molar-refractivity contribution is 7.19. The average molecular weight is 475 g/mol. The molecule has 1 fully saturated rings. The predicted molar refractivity (Wildman–Crippen MR) is 138 cm³/mol. The van der Waals surface area contributed by atoms with Gasteiger partial charge in [0.1, 0.15) is 16.4 Å². The van der Waals surface area contributed by atoms with Crippen molar-refractivity contribution in [3.05, 3.63) is 59.5 Å². The van der Waals surface area contributed by atoms with Crippen LogP contribution >= 0.6 is 11.3 Å². The van der Waals surface area contributed by atoms with Crippen LogP contribution in [-0.4, -0.2) is 54.2 Å². The number of nitrogen functional groups attached to an aromatic ring is 1. The van der Waals surface area contributed by atoms with Gasteiger partial charge in [-0.3, -0.25) is 0 Å². The van der Waals surface area contributed by atoms with Crippen molar-refractivity contribution < 1.29 is 9.53 Å². The first kappa shape index (κ1) is 22.0. The van der Waals surface area contributed by atoms with Gasteiger partial charge in [-0.1, -0.05) is 30.3 Å². The summed E-state index contributed by atoms with van der Waals surface area (Å²) in [5.41, 5.74) is 9.11. The van der Waals surface area contributed by atoms with Crippen molar-refractivity contribution in [2.45, 2.75) is 6.92 Å². The Morgan fingerprint density at radius 3 is 2.41 bits per heavy atom. The number of fused-ring (bicyclic) bond motifs is 1. The van der Waals surface area contributed by atoms with Crippen LogP contribution in [0.2, 0.25) is 0 Å². The number of ether oxygens (including phenoxy) is 1. The Balaban J connectivity index is 1.37. The Bertz CT molecular complexity index is 1320. The number of carbonyl (C=O) groups excluding carboxylic acids is 1. The average Bonchev–Trinajstić information content (AvgIpc) is 3.20. The molecule has 1 saturated heterocycles. The molecule has 2 aromatic carbocycles. The van der Waals surface area contributed by atoms with E-state index in [1.54, 1.807) is 18.4 Å². The van der Waals surface area contributed by atoms with Crippen LogP contribution < -0.4 is 20.7 Å². The standard InChI is InChI=1S/C25H26N6O2S/c1-16-20(17-6-4-3-5-7-17)21-22(28-24(26)29-23(21)34-16)30-12-14-31(15-13-30)25(32)27-18-8-10-19(33-2)11-9-18/h3-11H,12-15H2,1-2H3,(H,27,32)(H2,26,28,29). The van der Waals surface area contributed by atoms with Gasteiger partial charge in [0.05, 0.1) is 12.5 Å². The van der Waals surface area contributed by atoms with Crippen molar-refractivity contribution in [3.63, 3.8) is 0 Å². The second-order valence-electron chi connectivity index (χ2n) is 8.12. The first-order chi connectivity index (χ1) is 16.5. The number of nitrogens with one attached hydrogen (secondary N) is 1. The summed E-state index contributed by atoms with van der Waals surface area (Å²) in [5.74, 6) is 1.85. The summed E-state index contributed by atoms with van der Waals surface area (Å²) in [6, 6.07) is 17.5. The third kappa shape index (κ3) is 4.22. The minimum Gasteiger partial charge on any atom is -0.497 e. The number of aryl methyl sites for hydroxylation is 1. The van der Waals surface area contributed by atoms with E-state index in [4.69, 9.17) is 10.5 Å².